The second-order valence-corrected chi connectivity index (χ2v) is 10.7. The molecule has 0 aliphatic rings. The van der Waals surface area contributed by atoms with Gasteiger partial charge in [-0.3, -0.25) is 9.59 Å². The van der Waals surface area contributed by atoms with Crippen molar-refractivity contribution >= 4 is 21.8 Å². The zero-order valence-electron chi connectivity index (χ0n) is 21.0. The molecule has 0 unspecified atom stereocenters. The van der Waals surface area contributed by atoms with Crippen LogP contribution >= 0.6 is 0 Å². The van der Waals surface area contributed by atoms with Gasteiger partial charge in [-0.25, -0.2) is 8.42 Å². The van der Waals surface area contributed by atoms with Crippen molar-refractivity contribution in [3.8, 4) is 0 Å². The molecular weight excluding hydrogens is 466 g/mol. The van der Waals surface area contributed by atoms with E-state index in [2.05, 4.69) is 5.32 Å². The Morgan fingerprint density at radius 2 is 1.46 bits per heavy atom. The van der Waals surface area contributed by atoms with Crippen molar-refractivity contribution in [1.82, 2.24) is 14.5 Å². The van der Waals surface area contributed by atoms with Crippen LogP contribution in [-0.2, 0) is 37.4 Å². The Bertz CT molecular complexity index is 1030. The Labute approximate surface area is 209 Å². The number of hydrogen-bond donors (Lipinski definition) is 1. The lowest BCUT2D eigenvalue weighted by atomic mass is 10.1. The van der Waals surface area contributed by atoms with Crippen molar-refractivity contribution in [2.45, 2.75) is 52.4 Å². The van der Waals surface area contributed by atoms with Crippen molar-refractivity contribution in [3.63, 3.8) is 0 Å². The van der Waals surface area contributed by atoms with Crippen molar-refractivity contribution in [1.29, 1.82) is 0 Å². The summed E-state index contributed by atoms with van der Waals surface area (Å²) < 4.78 is 31.6. The molecule has 192 valence electrons. The van der Waals surface area contributed by atoms with Gasteiger partial charge in [0, 0.05) is 26.2 Å². The molecule has 0 aliphatic heterocycles. The number of carbonyl (C=O) groups is 2. The average molecular weight is 504 g/mol. The summed E-state index contributed by atoms with van der Waals surface area (Å²) in [6, 6.07) is 17.6. The van der Waals surface area contributed by atoms with Gasteiger partial charge in [-0.1, -0.05) is 60.7 Å². The van der Waals surface area contributed by atoms with Crippen LogP contribution in [0, 0.1) is 0 Å². The van der Waals surface area contributed by atoms with E-state index < -0.39 is 22.0 Å². The molecule has 1 atom stereocenters. The predicted octanol–water partition coefficient (Wildman–Crippen LogP) is 2.80. The number of carbonyl (C=O) groups excluding carboxylic acids is 2. The van der Waals surface area contributed by atoms with Gasteiger partial charge in [0.25, 0.3) is 0 Å². The minimum Gasteiger partial charge on any atom is -0.379 e. The molecule has 0 aromatic heterocycles. The smallest absolute Gasteiger partial charge is 0.242 e. The molecule has 2 aromatic carbocycles. The standard InChI is InChI=1S/C26H37N3O5S/c1-21(2)34-17-11-16-27-26(31)22(3)29(19-24-14-9-6-10-15-24)25(30)20-28(35(4,32)33)18-23-12-7-5-8-13-23/h5-10,12-15,21-22H,11,16-20H2,1-4H3,(H,27,31)/t22-/m0/s1. The lowest BCUT2D eigenvalue weighted by Crippen LogP contribution is -2.51. The number of sulfonamides is 1. The maximum Gasteiger partial charge on any atom is 0.242 e. The molecular formula is C26H37N3O5S. The van der Waals surface area contributed by atoms with Crippen LogP contribution in [-0.4, -0.2) is 67.5 Å². The Balaban J connectivity index is 2.15. The van der Waals surface area contributed by atoms with E-state index in [0.29, 0.717) is 19.6 Å². The van der Waals surface area contributed by atoms with Gasteiger partial charge in [0.05, 0.1) is 18.9 Å². The van der Waals surface area contributed by atoms with Gasteiger partial charge in [0.2, 0.25) is 21.8 Å². The first-order valence-electron chi connectivity index (χ1n) is 11.8. The first-order valence-corrected chi connectivity index (χ1v) is 13.6. The number of nitrogens with zero attached hydrogens (tertiary/aromatic N) is 2. The first kappa shape index (κ1) is 28.5. The molecule has 35 heavy (non-hydrogen) atoms. The van der Waals surface area contributed by atoms with Crippen LogP contribution < -0.4 is 5.32 Å². The summed E-state index contributed by atoms with van der Waals surface area (Å²) in [4.78, 5) is 27.7. The van der Waals surface area contributed by atoms with E-state index in [1.165, 1.54) is 4.90 Å². The number of benzene rings is 2. The molecule has 9 heteroatoms. The molecule has 1 N–H and O–H groups in total. The average Bonchev–Trinajstić information content (AvgIpc) is 2.81. The molecule has 0 fully saturated rings. The van der Waals surface area contributed by atoms with Crippen LogP contribution in [0.1, 0.15) is 38.3 Å². The minimum atomic E-state index is -3.67. The predicted molar refractivity (Wildman–Crippen MR) is 137 cm³/mol. The third-order valence-electron chi connectivity index (χ3n) is 5.42. The summed E-state index contributed by atoms with van der Waals surface area (Å²) in [6.45, 7) is 6.41. The number of ether oxygens (including phenoxy) is 1. The summed E-state index contributed by atoms with van der Waals surface area (Å²) >= 11 is 0. The van der Waals surface area contributed by atoms with Crippen LogP contribution in [0.4, 0.5) is 0 Å². The molecule has 2 aromatic rings. The van der Waals surface area contributed by atoms with Crippen molar-refractivity contribution < 1.29 is 22.7 Å². The molecule has 0 radical (unpaired) electrons. The second-order valence-electron chi connectivity index (χ2n) is 8.76. The maximum atomic E-state index is 13.4. The van der Waals surface area contributed by atoms with E-state index in [4.69, 9.17) is 4.74 Å². The Morgan fingerprint density at radius 1 is 0.914 bits per heavy atom. The van der Waals surface area contributed by atoms with Gasteiger partial charge >= 0.3 is 0 Å². The summed E-state index contributed by atoms with van der Waals surface area (Å²) in [5.41, 5.74) is 1.62. The number of amides is 2. The Morgan fingerprint density at radius 3 is 1.97 bits per heavy atom. The van der Waals surface area contributed by atoms with Gasteiger partial charge in [-0.05, 0) is 38.3 Å². The highest BCUT2D eigenvalue weighted by Gasteiger charge is 2.29. The number of rotatable bonds is 14. The van der Waals surface area contributed by atoms with Gasteiger partial charge in [0.1, 0.15) is 6.04 Å². The van der Waals surface area contributed by atoms with Crippen LogP contribution in [0.2, 0.25) is 0 Å². The van der Waals surface area contributed by atoms with Gasteiger partial charge in [0.15, 0.2) is 0 Å². The normalized spacial score (nSPS) is 12.5. The quantitative estimate of drug-likeness (QED) is 0.400. The highest BCUT2D eigenvalue weighted by atomic mass is 32.2. The van der Waals surface area contributed by atoms with Crippen LogP contribution in [0.15, 0.2) is 60.7 Å². The molecule has 0 bridgehead atoms. The van der Waals surface area contributed by atoms with E-state index >= 15 is 0 Å². The van der Waals surface area contributed by atoms with Crippen LogP contribution in [0.25, 0.3) is 0 Å². The SMILES string of the molecule is CC(C)OCCCNC(=O)[C@H](C)N(Cc1ccccc1)C(=O)CN(Cc1ccccc1)S(C)(=O)=O. The number of hydrogen-bond acceptors (Lipinski definition) is 5. The fourth-order valence-electron chi connectivity index (χ4n) is 3.43. The van der Waals surface area contributed by atoms with Crippen molar-refractivity contribution in [2.24, 2.45) is 0 Å². The third kappa shape index (κ3) is 10.2. The fraction of sp³-hybridized carbons (Fsp3) is 0.462. The highest BCUT2D eigenvalue weighted by Crippen LogP contribution is 2.13. The Kier molecular flexibility index (Phi) is 11.4. The third-order valence-corrected chi connectivity index (χ3v) is 6.61. The van der Waals surface area contributed by atoms with Crippen LogP contribution in [0.5, 0.6) is 0 Å². The largest absolute Gasteiger partial charge is 0.379 e. The summed E-state index contributed by atoms with van der Waals surface area (Å²) in [7, 11) is -3.67. The summed E-state index contributed by atoms with van der Waals surface area (Å²) in [5.74, 6) is -0.742. The molecule has 0 spiro atoms. The maximum absolute atomic E-state index is 13.4. The van der Waals surface area contributed by atoms with Crippen LogP contribution in [0.3, 0.4) is 0 Å². The van der Waals surface area contributed by atoms with Crippen molar-refractivity contribution in [3.05, 3.63) is 71.8 Å². The van der Waals surface area contributed by atoms with Gasteiger partial charge < -0.3 is 15.0 Å². The summed E-state index contributed by atoms with van der Waals surface area (Å²) in [5, 5.41) is 2.86. The zero-order valence-corrected chi connectivity index (χ0v) is 21.8. The lowest BCUT2D eigenvalue weighted by Gasteiger charge is -2.31. The lowest BCUT2D eigenvalue weighted by molar-refractivity contribution is -0.140. The topological polar surface area (TPSA) is 96.0 Å². The van der Waals surface area contributed by atoms with E-state index in [1.807, 2.05) is 74.5 Å². The molecule has 2 amide bonds. The molecule has 0 saturated carbocycles. The zero-order chi connectivity index (χ0) is 25.8. The first-order chi connectivity index (χ1) is 16.6. The van der Waals surface area contributed by atoms with Gasteiger partial charge in [-0.15, -0.1) is 0 Å². The van der Waals surface area contributed by atoms with E-state index in [1.54, 1.807) is 6.92 Å². The molecule has 2 rings (SSSR count). The fourth-order valence-corrected chi connectivity index (χ4v) is 4.16. The van der Waals surface area contributed by atoms with E-state index in [-0.39, 0.29) is 31.6 Å². The highest BCUT2D eigenvalue weighted by molar-refractivity contribution is 7.88. The Hall–Kier alpha value is -2.75. The van der Waals surface area contributed by atoms with E-state index in [0.717, 1.165) is 21.7 Å². The molecule has 0 aliphatic carbocycles. The van der Waals surface area contributed by atoms with Gasteiger partial charge in [-0.2, -0.15) is 4.31 Å². The minimum absolute atomic E-state index is 0.0705. The van der Waals surface area contributed by atoms with E-state index in [9.17, 15) is 18.0 Å². The monoisotopic (exact) mass is 503 g/mol. The number of nitrogens with one attached hydrogen (secondary N) is 1. The second kappa shape index (κ2) is 14.0. The van der Waals surface area contributed by atoms with Crippen molar-refractivity contribution in [2.75, 3.05) is 26.0 Å². The molecule has 8 nitrogen and oxygen atoms in total. The molecule has 0 saturated heterocycles. The summed E-state index contributed by atoms with van der Waals surface area (Å²) in [6.07, 6.45) is 1.86. The molecule has 0 heterocycles.